The molecule has 0 saturated carbocycles. The summed E-state index contributed by atoms with van der Waals surface area (Å²) >= 11 is 1.62. The van der Waals surface area contributed by atoms with E-state index in [-0.39, 0.29) is 69.6 Å². The van der Waals surface area contributed by atoms with E-state index in [9.17, 15) is 4.11 Å². The summed E-state index contributed by atoms with van der Waals surface area (Å²) in [7, 11) is 0. The van der Waals surface area contributed by atoms with Gasteiger partial charge in [0.2, 0.25) is 0 Å². The number of hydrogen-bond donors (Lipinski definition) is 0. The van der Waals surface area contributed by atoms with Crippen molar-refractivity contribution in [3.63, 3.8) is 0 Å². The van der Waals surface area contributed by atoms with Gasteiger partial charge in [0, 0.05) is 64.0 Å². The molecule has 11 rings (SSSR count). The van der Waals surface area contributed by atoms with Crippen molar-refractivity contribution in [2.75, 3.05) is 0 Å². The van der Waals surface area contributed by atoms with Crippen LogP contribution in [0.3, 0.4) is 0 Å². The minimum atomic E-state index is -0.338. The molecule has 4 heterocycles. The fraction of sp³-hybridized carbons (Fsp3) is 0. The lowest BCUT2D eigenvalue weighted by atomic mass is 9.97. The Morgan fingerprint density at radius 2 is 1.22 bits per heavy atom. The van der Waals surface area contributed by atoms with Gasteiger partial charge < -0.3 is 8.83 Å². The molecule has 5 nitrogen and oxygen atoms in total. The van der Waals surface area contributed by atoms with E-state index < -0.39 is 0 Å². The van der Waals surface area contributed by atoms with Crippen LogP contribution in [-0.2, 0) is 0 Å². The van der Waals surface area contributed by atoms with Gasteiger partial charge >= 0.3 is 0 Å². The second kappa shape index (κ2) is 10.9. The lowest BCUT2D eigenvalue weighted by Gasteiger charge is -2.08. The maximum Gasteiger partial charge on any atom is 0.164 e. The average molecular weight is 678 g/mol. The largest absolute Gasteiger partial charge is 0.456 e. The molecule has 11 aromatic rings. The first-order valence-electron chi connectivity index (χ1n) is 19.4. The summed E-state index contributed by atoms with van der Waals surface area (Å²) in [5.41, 5.74) is 3.75. The van der Waals surface area contributed by atoms with Gasteiger partial charge in [0.25, 0.3) is 0 Å². The molecular formula is C45H25N3O2S. The van der Waals surface area contributed by atoms with Gasteiger partial charge in [-0.15, -0.1) is 11.3 Å². The first kappa shape index (κ1) is 22.9. The van der Waals surface area contributed by atoms with Crippen molar-refractivity contribution in [3.05, 3.63) is 152 Å². The number of nitrogens with zero attached hydrogens (tertiary/aromatic N) is 3. The Bertz CT molecular complexity index is 3510. The second-order valence-electron chi connectivity index (χ2n) is 12.3. The van der Waals surface area contributed by atoms with Gasteiger partial charge in [-0.05, 0) is 54.0 Å². The lowest BCUT2D eigenvalue weighted by molar-refractivity contribution is 0.669. The fourth-order valence-electron chi connectivity index (χ4n) is 6.90. The number of hydrogen-bond acceptors (Lipinski definition) is 6. The van der Waals surface area contributed by atoms with E-state index in [0.29, 0.717) is 39.5 Å². The van der Waals surface area contributed by atoms with Crippen LogP contribution in [0, 0.1) is 0 Å². The summed E-state index contributed by atoms with van der Waals surface area (Å²) in [4.78, 5) is 14.5. The van der Waals surface area contributed by atoms with Crippen LogP contribution in [0.15, 0.2) is 160 Å². The summed E-state index contributed by atoms with van der Waals surface area (Å²) in [6, 6.07) is 34.8. The zero-order valence-electron chi connectivity index (χ0n) is 32.5. The third-order valence-electron chi connectivity index (χ3n) is 9.26. The van der Waals surface area contributed by atoms with E-state index in [1.54, 1.807) is 11.3 Å². The van der Waals surface area contributed by atoms with Crippen molar-refractivity contribution in [1.82, 2.24) is 15.0 Å². The Balaban J connectivity index is 1.19. The van der Waals surface area contributed by atoms with Crippen molar-refractivity contribution in [2.45, 2.75) is 0 Å². The summed E-state index contributed by atoms with van der Waals surface area (Å²) in [5, 5.41) is 3.85. The monoisotopic (exact) mass is 677 g/mol. The van der Waals surface area contributed by atoms with Crippen molar-refractivity contribution in [2.24, 2.45) is 0 Å². The van der Waals surface area contributed by atoms with E-state index in [1.165, 1.54) is 0 Å². The first-order chi connectivity index (χ1) is 27.8. The van der Waals surface area contributed by atoms with E-state index in [0.717, 1.165) is 36.5 Å². The predicted octanol–water partition coefficient (Wildman–Crippen LogP) is 12.7. The minimum absolute atomic E-state index is 0.00468. The molecule has 0 bridgehead atoms. The summed E-state index contributed by atoms with van der Waals surface area (Å²) < 4.78 is 70.1. The van der Waals surface area contributed by atoms with E-state index in [2.05, 4.69) is 0 Å². The Morgan fingerprint density at radius 3 is 2.12 bits per heavy atom. The van der Waals surface area contributed by atoms with Crippen molar-refractivity contribution in [1.29, 1.82) is 0 Å². The van der Waals surface area contributed by atoms with Crippen LogP contribution >= 0.6 is 11.3 Å². The third-order valence-corrected chi connectivity index (χ3v) is 10.4. The molecule has 4 aromatic heterocycles. The highest BCUT2D eigenvalue weighted by Crippen LogP contribution is 2.44. The highest BCUT2D eigenvalue weighted by molar-refractivity contribution is 7.25. The van der Waals surface area contributed by atoms with E-state index in [1.807, 2.05) is 115 Å². The zero-order valence-corrected chi connectivity index (χ0v) is 27.4. The normalized spacial score (nSPS) is 13.6. The molecular weight excluding hydrogens is 647 g/mol. The lowest BCUT2D eigenvalue weighted by Crippen LogP contribution is -2.00. The highest BCUT2D eigenvalue weighted by atomic mass is 32.1. The molecule has 238 valence electrons. The number of fused-ring (bicyclic) bond motifs is 9. The van der Waals surface area contributed by atoms with Gasteiger partial charge in [0.05, 0.1) is 8.22 Å². The van der Waals surface area contributed by atoms with Crippen LogP contribution in [0.2, 0.25) is 0 Å². The molecule has 0 aliphatic rings. The van der Waals surface area contributed by atoms with Crippen LogP contribution in [0.1, 0.15) is 8.22 Å². The van der Waals surface area contributed by atoms with Crippen LogP contribution in [-0.4, -0.2) is 15.0 Å². The van der Waals surface area contributed by atoms with Crippen molar-refractivity contribution in [3.8, 4) is 45.3 Å². The minimum Gasteiger partial charge on any atom is -0.456 e. The SMILES string of the molecule is [2H]c1c([2H])c([2H])c2c(oc3c([2H])c(-c4nc(-c5ccccc5)nc(-c5ccc6oc7ccccc7c6c5)n4)c([2H])c([2H])c32)c1-c1cccc2sc3ccccc3c12. The fourth-order valence-corrected chi connectivity index (χ4v) is 8.03. The number of thiophene rings is 1. The van der Waals surface area contributed by atoms with Gasteiger partial charge in [-0.3, -0.25) is 0 Å². The van der Waals surface area contributed by atoms with Crippen molar-refractivity contribution >= 4 is 75.4 Å². The van der Waals surface area contributed by atoms with Crippen LogP contribution in [0.5, 0.6) is 0 Å². The molecule has 0 spiro atoms. The molecule has 6 heteroatoms. The molecule has 0 amide bonds. The Hall–Kier alpha value is -6.63. The highest BCUT2D eigenvalue weighted by Gasteiger charge is 2.19. The molecule has 0 unspecified atom stereocenters. The van der Waals surface area contributed by atoms with Gasteiger partial charge in [-0.25, -0.2) is 15.0 Å². The predicted molar refractivity (Wildman–Crippen MR) is 209 cm³/mol. The number of aromatic nitrogens is 3. The zero-order chi connectivity index (χ0) is 38.7. The number of benzene rings is 7. The number of rotatable bonds is 4. The standard InChI is InChI=1S/C45H25N3O2S/c1-2-10-26(11-3-1)43-46-44(27-21-23-37-35(24-27)29-12-4-6-17-36(29)49-37)48-45(47-43)28-20-22-30-32-15-8-16-33(42(32)50-38(30)25-28)31-14-9-19-40-41(31)34-13-5-7-18-39(34)51-40/h1-25H/i8D,15D,16D,20D,22D,25D. The Morgan fingerprint density at radius 1 is 0.471 bits per heavy atom. The van der Waals surface area contributed by atoms with E-state index in [4.69, 9.17) is 27.9 Å². The maximum absolute atomic E-state index is 9.58. The molecule has 0 fully saturated rings. The smallest absolute Gasteiger partial charge is 0.164 e. The topological polar surface area (TPSA) is 65.0 Å². The molecule has 0 atom stereocenters. The average Bonchev–Trinajstić information content (AvgIpc) is 3.94. The maximum atomic E-state index is 9.58. The van der Waals surface area contributed by atoms with Gasteiger partial charge in [0.15, 0.2) is 17.5 Å². The van der Waals surface area contributed by atoms with Crippen LogP contribution < -0.4 is 0 Å². The molecule has 0 radical (unpaired) electrons. The third kappa shape index (κ3) is 4.43. The van der Waals surface area contributed by atoms with Gasteiger partial charge in [0.1, 0.15) is 22.3 Å². The molecule has 0 N–H and O–H groups in total. The quantitative estimate of drug-likeness (QED) is 0.185. The number of furan rings is 2. The summed E-state index contributed by atoms with van der Waals surface area (Å²) in [5.74, 6) is 0.614. The summed E-state index contributed by atoms with van der Waals surface area (Å²) in [6.45, 7) is 0. The Labute approximate surface area is 303 Å². The Kier molecular flexibility index (Phi) is 4.91. The molecule has 7 aromatic carbocycles. The van der Waals surface area contributed by atoms with Crippen LogP contribution in [0.25, 0.3) is 109 Å². The second-order valence-corrected chi connectivity index (χ2v) is 13.4. The van der Waals surface area contributed by atoms with Gasteiger partial charge in [-0.2, -0.15) is 0 Å². The van der Waals surface area contributed by atoms with E-state index >= 15 is 0 Å². The van der Waals surface area contributed by atoms with Gasteiger partial charge in [-0.1, -0.05) is 103 Å². The number of para-hydroxylation sites is 2. The molecule has 0 aliphatic heterocycles. The molecule has 0 aliphatic carbocycles. The van der Waals surface area contributed by atoms with Crippen LogP contribution in [0.4, 0.5) is 0 Å². The molecule has 0 saturated heterocycles. The summed E-state index contributed by atoms with van der Waals surface area (Å²) in [6.07, 6.45) is 0. The van der Waals surface area contributed by atoms with Crippen molar-refractivity contribution < 1.29 is 17.1 Å². The first-order valence-corrected chi connectivity index (χ1v) is 17.2. The molecule has 51 heavy (non-hydrogen) atoms.